The van der Waals surface area contributed by atoms with Gasteiger partial charge in [0.1, 0.15) is 11.4 Å². The second kappa shape index (κ2) is 6.90. The van der Waals surface area contributed by atoms with E-state index in [0.29, 0.717) is 27.6 Å². The van der Waals surface area contributed by atoms with Crippen LogP contribution in [0.25, 0.3) is 0 Å². The van der Waals surface area contributed by atoms with Gasteiger partial charge in [0.2, 0.25) is 0 Å². The maximum atomic E-state index is 14.1. The van der Waals surface area contributed by atoms with Gasteiger partial charge in [0, 0.05) is 22.0 Å². The topological polar surface area (TPSA) is 69.6 Å². The molecule has 0 saturated heterocycles. The summed E-state index contributed by atoms with van der Waals surface area (Å²) in [6.45, 7) is 1.68. The number of aromatic carboxylic acids is 1. The van der Waals surface area contributed by atoms with Gasteiger partial charge in [-0.05, 0) is 73.7 Å². The van der Waals surface area contributed by atoms with Gasteiger partial charge in [-0.25, -0.2) is 9.18 Å². The molecule has 0 bridgehead atoms. The maximum absolute atomic E-state index is 14.1. The number of carboxylic acid groups (broad SMARTS) is 1. The molecule has 146 valence electrons. The molecule has 2 N–H and O–H groups in total. The zero-order valence-corrected chi connectivity index (χ0v) is 16.1. The number of nitrogens with zero attached hydrogens (tertiary/aromatic N) is 1. The van der Waals surface area contributed by atoms with Crippen LogP contribution in [-0.2, 0) is 10.3 Å². The van der Waals surface area contributed by atoms with Crippen LogP contribution in [-0.4, -0.2) is 17.0 Å². The Morgan fingerprint density at radius 3 is 2.34 bits per heavy atom. The van der Waals surface area contributed by atoms with Crippen LogP contribution in [0.3, 0.4) is 0 Å². The number of amides is 1. The van der Waals surface area contributed by atoms with Crippen molar-refractivity contribution in [2.24, 2.45) is 0 Å². The number of hydrogen-bond acceptors (Lipinski definition) is 3. The molecule has 0 aromatic heterocycles. The second-order valence-corrected chi connectivity index (χ2v) is 7.35. The lowest BCUT2D eigenvalue weighted by Crippen LogP contribution is -2.42. The van der Waals surface area contributed by atoms with Gasteiger partial charge in [0.15, 0.2) is 0 Å². The summed E-state index contributed by atoms with van der Waals surface area (Å²) in [6, 6.07) is 17.1. The maximum Gasteiger partial charge on any atom is 0.335 e. The minimum Gasteiger partial charge on any atom is -0.478 e. The molecule has 1 aliphatic rings. The number of anilines is 3. The van der Waals surface area contributed by atoms with Crippen molar-refractivity contribution in [2.45, 2.75) is 12.5 Å². The van der Waals surface area contributed by atoms with Crippen LogP contribution in [0, 0.1) is 5.82 Å². The molecule has 1 heterocycles. The fraction of sp³-hybridized carbons (Fsp3) is 0.0909. The molecule has 1 aliphatic heterocycles. The predicted octanol–water partition coefficient (Wildman–Crippen LogP) is 5.18. The molecule has 0 aliphatic carbocycles. The van der Waals surface area contributed by atoms with E-state index in [0.717, 1.165) is 0 Å². The number of benzene rings is 3. The number of nitrogens with one attached hydrogen (secondary N) is 1. The second-order valence-electron chi connectivity index (χ2n) is 6.91. The van der Waals surface area contributed by atoms with Crippen molar-refractivity contribution >= 4 is 40.5 Å². The third-order valence-corrected chi connectivity index (χ3v) is 5.23. The number of carbonyl (C=O) groups excluding carboxylic acids is 1. The number of carboxylic acids is 1. The quantitative estimate of drug-likeness (QED) is 0.621. The molecule has 0 spiro atoms. The minimum atomic E-state index is -1.25. The zero-order chi connectivity index (χ0) is 20.8. The Kier molecular flexibility index (Phi) is 4.51. The van der Waals surface area contributed by atoms with Gasteiger partial charge in [-0.1, -0.05) is 11.6 Å². The molecule has 3 aromatic carbocycles. The molecule has 29 heavy (non-hydrogen) atoms. The summed E-state index contributed by atoms with van der Waals surface area (Å²) < 4.78 is 14.1. The van der Waals surface area contributed by atoms with Crippen LogP contribution >= 0.6 is 11.6 Å². The largest absolute Gasteiger partial charge is 0.478 e. The van der Waals surface area contributed by atoms with E-state index in [-0.39, 0.29) is 11.5 Å². The van der Waals surface area contributed by atoms with E-state index >= 15 is 0 Å². The lowest BCUT2D eigenvalue weighted by Gasteiger charge is -2.27. The first kappa shape index (κ1) is 19.0. The highest BCUT2D eigenvalue weighted by Gasteiger charge is 2.48. The molecule has 3 aromatic rings. The van der Waals surface area contributed by atoms with Crippen molar-refractivity contribution in [3.8, 4) is 0 Å². The molecule has 0 radical (unpaired) electrons. The normalized spacial score (nSPS) is 17.9. The molecular weight excluding hydrogens is 395 g/mol. The van der Waals surface area contributed by atoms with E-state index in [4.69, 9.17) is 16.7 Å². The average molecular weight is 411 g/mol. The van der Waals surface area contributed by atoms with Gasteiger partial charge in [-0.15, -0.1) is 0 Å². The third-order valence-electron chi connectivity index (χ3n) is 4.98. The molecular formula is C22H16ClFN2O3. The van der Waals surface area contributed by atoms with E-state index in [2.05, 4.69) is 5.32 Å². The number of halogens is 2. The van der Waals surface area contributed by atoms with Crippen molar-refractivity contribution in [2.75, 3.05) is 10.2 Å². The standard InChI is InChI=1S/C22H16ClFN2O3/c1-22(25-16-7-2-13(3-8-16)20(27)28)18-12-15(24)6-11-19(18)26(21(22)29)17-9-4-14(23)5-10-17/h2-12,25H,1H3,(H,27,28). The number of hydrogen-bond donors (Lipinski definition) is 2. The summed E-state index contributed by atoms with van der Waals surface area (Å²) in [5.74, 6) is -1.78. The summed E-state index contributed by atoms with van der Waals surface area (Å²) in [5.41, 5.74) is 1.09. The molecule has 0 fully saturated rings. The molecule has 1 atom stereocenters. The van der Waals surface area contributed by atoms with E-state index < -0.39 is 17.3 Å². The Labute approximate surface area is 171 Å². The van der Waals surface area contributed by atoms with Gasteiger partial charge in [0.25, 0.3) is 5.91 Å². The van der Waals surface area contributed by atoms with Crippen LogP contribution in [0.2, 0.25) is 5.02 Å². The summed E-state index contributed by atoms with van der Waals surface area (Å²) in [7, 11) is 0. The van der Waals surface area contributed by atoms with Crippen LogP contribution < -0.4 is 10.2 Å². The van der Waals surface area contributed by atoms with Crippen molar-refractivity contribution in [1.29, 1.82) is 0 Å². The van der Waals surface area contributed by atoms with Crippen LogP contribution in [0.1, 0.15) is 22.8 Å². The first-order chi connectivity index (χ1) is 13.8. The summed E-state index contributed by atoms with van der Waals surface area (Å²) >= 11 is 5.97. The highest BCUT2D eigenvalue weighted by Crippen LogP contribution is 2.46. The number of fused-ring (bicyclic) bond motifs is 1. The van der Waals surface area contributed by atoms with Crippen molar-refractivity contribution in [1.82, 2.24) is 0 Å². The molecule has 7 heteroatoms. The Hall–Kier alpha value is -3.38. The summed E-state index contributed by atoms with van der Waals surface area (Å²) in [5, 5.41) is 12.8. The highest BCUT2D eigenvalue weighted by atomic mass is 35.5. The Morgan fingerprint density at radius 1 is 1.07 bits per heavy atom. The molecule has 1 amide bonds. The van der Waals surface area contributed by atoms with Crippen molar-refractivity contribution in [3.63, 3.8) is 0 Å². The van der Waals surface area contributed by atoms with Crippen LogP contribution in [0.4, 0.5) is 21.5 Å². The highest BCUT2D eigenvalue weighted by molar-refractivity contribution is 6.30. The predicted molar refractivity (Wildman–Crippen MR) is 109 cm³/mol. The molecule has 0 saturated carbocycles. The van der Waals surface area contributed by atoms with Gasteiger partial charge < -0.3 is 10.4 Å². The fourth-order valence-corrected chi connectivity index (χ4v) is 3.63. The van der Waals surface area contributed by atoms with Gasteiger partial charge >= 0.3 is 5.97 Å². The SMILES string of the molecule is CC1(Nc2ccc(C(=O)O)cc2)C(=O)N(c2ccc(Cl)cc2)c2ccc(F)cc21. The van der Waals surface area contributed by atoms with E-state index in [1.54, 1.807) is 49.4 Å². The van der Waals surface area contributed by atoms with E-state index in [1.165, 1.54) is 29.2 Å². The summed E-state index contributed by atoms with van der Waals surface area (Å²) in [6.07, 6.45) is 0. The lowest BCUT2D eigenvalue weighted by atomic mass is 9.93. The first-order valence-corrected chi connectivity index (χ1v) is 9.19. The molecule has 1 unspecified atom stereocenters. The fourth-order valence-electron chi connectivity index (χ4n) is 3.50. The lowest BCUT2D eigenvalue weighted by molar-refractivity contribution is -0.121. The molecule has 5 nitrogen and oxygen atoms in total. The van der Waals surface area contributed by atoms with Crippen molar-refractivity contribution in [3.05, 3.63) is 88.7 Å². The Balaban J connectivity index is 1.78. The van der Waals surface area contributed by atoms with E-state index in [9.17, 15) is 14.0 Å². The smallest absolute Gasteiger partial charge is 0.335 e. The monoisotopic (exact) mass is 410 g/mol. The first-order valence-electron chi connectivity index (χ1n) is 8.81. The van der Waals surface area contributed by atoms with Crippen LogP contribution in [0.5, 0.6) is 0 Å². The Bertz CT molecular complexity index is 1120. The van der Waals surface area contributed by atoms with Gasteiger partial charge in [-0.3, -0.25) is 9.69 Å². The zero-order valence-electron chi connectivity index (χ0n) is 15.3. The minimum absolute atomic E-state index is 0.132. The van der Waals surface area contributed by atoms with E-state index in [1.807, 2.05) is 0 Å². The third kappa shape index (κ3) is 3.21. The number of carbonyl (C=O) groups is 2. The van der Waals surface area contributed by atoms with Gasteiger partial charge in [0.05, 0.1) is 11.3 Å². The average Bonchev–Trinajstić information content (AvgIpc) is 2.90. The van der Waals surface area contributed by atoms with Crippen LogP contribution in [0.15, 0.2) is 66.7 Å². The summed E-state index contributed by atoms with van der Waals surface area (Å²) in [4.78, 5) is 26.1. The van der Waals surface area contributed by atoms with Crippen molar-refractivity contribution < 1.29 is 19.1 Å². The molecule has 4 rings (SSSR count). The number of rotatable bonds is 4. The van der Waals surface area contributed by atoms with Gasteiger partial charge in [-0.2, -0.15) is 0 Å². The Morgan fingerprint density at radius 2 is 1.72 bits per heavy atom.